The molecule has 1 aliphatic heterocycles. The van der Waals surface area contributed by atoms with Crippen molar-refractivity contribution in [2.75, 3.05) is 13.2 Å². The number of nitriles is 1. The van der Waals surface area contributed by atoms with Crippen LogP contribution in [0.2, 0.25) is 0 Å². The topological polar surface area (TPSA) is 60.1 Å². The van der Waals surface area contributed by atoms with Gasteiger partial charge in [-0.3, -0.25) is 0 Å². The van der Waals surface area contributed by atoms with Crippen molar-refractivity contribution < 1.29 is 9.47 Å². The molecule has 5 nitrogen and oxygen atoms in total. The largest absolute Gasteiger partial charge is 0.486 e. The van der Waals surface area contributed by atoms with Gasteiger partial charge in [-0.1, -0.05) is 13.8 Å². The van der Waals surface area contributed by atoms with Gasteiger partial charge in [0.15, 0.2) is 11.5 Å². The van der Waals surface area contributed by atoms with E-state index in [2.05, 4.69) is 24.9 Å². The lowest BCUT2D eigenvalue weighted by molar-refractivity contribution is 0.172. The maximum absolute atomic E-state index is 8.99. The Hall–Kier alpha value is -2.22. The number of imidazole rings is 1. The summed E-state index contributed by atoms with van der Waals surface area (Å²) >= 11 is 0. The molecule has 1 aromatic carbocycles. The highest BCUT2D eigenvalue weighted by Crippen LogP contribution is 2.35. The van der Waals surface area contributed by atoms with E-state index in [4.69, 9.17) is 14.7 Å². The molecule has 0 N–H and O–H groups in total. The van der Waals surface area contributed by atoms with Crippen molar-refractivity contribution in [1.29, 1.82) is 5.26 Å². The molecule has 0 radical (unpaired) electrons. The van der Waals surface area contributed by atoms with E-state index in [1.807, 2.05) is 16.7 Å². The van der Waals surface area contributed by atoms with Gasteiger partial charge in [-0.25, -0.2) is 4.98 Å². The fourth-order valence-electron chi connectivity index (χ4n) is 2.36. The lowest BCUT2D eigenvalue weighted by atomic mass is 10.2. The Kier molecular flexibility index (Phi) is 2.79. The van der Waals surface area contributed by atoms with E-state index in [9.17, 15) is 0 Å². The molecule has 3 rings (SSSR count). The lowest BCUT2D eigenvalue weighted by Crippen LogP contribution is -2.15. The van der Waals surface area contributed by atoms with Crippen LogP contribution < -0.4 is 9.47 Å². The Morgan fingerprint density at radius 2 is 2.00 bits per heavy atom. The van der Waals surface area contributed by atoms with Crippen LogP contribution >= 0.6 is 0 Å². The minimum atomic E-state index is 0.264. The highest BCUT2D eigenvalue weighted by atomic mass is 16.6. The summed E-state index contributed by atoms with van der Waals surface area (Å²) in [6, 6.07) is 6.00. The van der Waals surface area contributed by atoms with Crippen molar-refractivity contribution >= 4 is 11.0 Å². The quantitative estimate of drug-likeness (QED) is 0.829. The predicted molar refractivity (Wildman–Crippen MR) is 70.4 cm³/mol. The molecule has 2 aromatic rings. The third-order valence-electron chi connectivity index (χ3n) is 3.19. The zero-order valence-electron chi connectivity index (χ0n) is 11.0. The molecule has 0 atom stereocenters. The van der Waals surface area contributed by atoms with Crippen molar-refractivity contribution in [2.45, 2.75) is 26.3 Å². The number of rotatable bonds is 2. The van der Waals surface area contributed by atoms with Crippen LogP contribution in [0.5, 0.6) is 11.5 Å². The first-order valence-electron chi connectivity index (χ1n) is 6.37. The molecular formula is C14H15N3O2. The number of nitrogens with zero attached hydrogens (tertiary/aromatic N) is 3. The summed E-state index contributed by atoms with van der Waals surface area (Å²) < 4.78 is 13.1. The standard InChI is InChI=1S/C14H15N3O2/c1-9(2)14-16-10-7-12-13(19-6-5-18-12)8-11(10)17(14)4-3-15/h7-9H,4-6H2,1-2H3. The third kappa shape index (κ3) is 1.89. The fourth-order valence-corrected chi connectivity index (χ4v) is 2.36. The average molecular weight is 257 g/mol. The fraction of sp³-hybridized carbons (Fsp3) is 0.429. The van der Waals surface area contributed by atoms with Crippen LogP contribution in [0.4, 0.5) is 0 Å². The van der Waals surface area contributed by atoms with Crippen LogP contribution in [0.3, 0.4) is 0 Å². The van der Waals surface area contributed by atoms with Crippen molar-refractivity contribution in [3.8, 4) is 17.6 Å². The Morgan fingerprint density at radius 3 is 2.63 bits per heavy atom. The van der Waals surface area contributed by atoms with Crippen LogP contribution in [-0.4, -0.2) is 22.8 Å². The summed E-state index contributed by atoms with van der Waals surface area (Å²) in [5.41, 5.74) is 1.78. The van der Waals surface area contributed by atoms with Gasteiger partial charge in [0.2, 0.25) is 0 Å². The predicted octanol–water partition coefficient (Wildman–Crippen LogP) is 2.45. The molecule has 98 valence electrons. The summed E-state index contributed by atoms with van der Waals surface area (Å²) in [6.07, 6.45) is 0. The molecule has 5 heteroatoms. The summed E-state index contributed by atoms with van der Waals surface area (Å²) in [4.78, 5) is 4.62. The van der Waals surface area contributed by atoms with Gasteiger partial charge in [-0.05, 0) is 0 Å². The normalized spacial score (nSPS) is 13.8. The van der Waals surface area contributed by atoms with Crippen LogP contribution in [-0.2, 0) is 6.54 Å². The first kappa shape index (κ1) is 11.8. The molecule has 0 fully saturated rings. The van der Waals surface area contributed by atoms with Gasteiger partial charge in [0.1, 0.15) is 25.6 Å². The van der Waals surface area contributed by atoms with Gasteiger partial charge in [-0.2, -0.15) is 5.26 Å². The number of hydrogen-bond donors (Lipinski definition) is 0. The number of hydrogen-bond acceptors (Lipinski definition) is 4. The van der Waals surface area contributed by atoms with Gasteiger partial charge < -0.3 is 14.0 Å². The minimum absolute atomic E-state index is 0.264. The number of benzene rings is 1. The van der Waals surface area contributed by atoms with Crippen molar-refractivity contribution in [3.05, 3.63) is 18.0 Å². The zero-order valence-corrected chi connectivity index (χ0v) is 11.0. The Bertz CT molecular complexity index is 667. The van der Waals surface area contributed by atoms with Crippen molar-refractivity contribution in [1.82, 2.24) is 9.55 Å². The van der Waals surface area contributed by atoms with E-state index in [1.54, 1.807) is 0 Å². The monoisotopic (exact) mass is 257 g/mol. The van der Waals surface area contributed by atoms with Gasteiger partial charge in [0.25, 0.3) is 0 Å². The smallest absolute Gasteiger partial charge is 0.163 e. The number of fused-ring (bicyclic) bond motifs is 2. The second-order valence-electron chi connectivity index (χ2n) is 4.85. The van der Waals surface area contributed by atoms with Crippen LogP contribution in [0.25, 0.3) is 11.0 Å². The molecule has 0 unspecified atom stereocenters. The average Bonchev–Trinajstić information content (AvgIpc) is 2.75. The lowest BCUT2D eigenvalue weighted by Gasteiger charge is -2.18. The number of aromatic nitrogens is 2. The van der Waals surface area contributed by atoms with Gasteiger partial charge in [-0.15, -0.1) is 0 Å². The Labute approximate surface area is 111 Å². The molecule has 0 saturated carbocycles. The molecular weight excluding hydrogens is 242 g/mol. The summed E-state index contributed by atoms with van der Waals surface area (Å²) in [5, 5.41) is 8.99. The molecule has 0 bridgehead atoms. The molecule has 2 heterocycles. The molecule has 1 aliphatic rings. The summed E-state index contributed by atoms with van der Waals surface area (Å²) in [7, 11) is 0. The van der Waals surface area contributed by atoms with E-state index in [1.165, 1.54) is 0 Å². The van der Waals surface area contributed by atoms with E-state index < -0.39 is 0 Å². The Morgan fingerprint density at radius 1 is 1.32 bits per heavy atom. The molecule has 1 aromatic heterocycles. The summed E-state index contributed by atoms with van der Waals surface area (Å²) in [5.74, 6) is 2.64. The second-order valence-corrected chi connectivity index (χ2v) is 4.85. The first-order valence-corrected chi connectivity index (χ1v) is 6.37. The third-order valence-corrected chi connectivity index (χ3v) is 3.19. The van der Waals surface area contributed by atoms with E-state index in [0.717, 1.165) is 28.4 Å². The van der Waals surface area contributed by atoms with Crippen LogP contribution in [0.15, 0.2) is 12.1 Å². The molecule has 0 aliphatic carbocycles. The minimum Gasteiger partial charge on any atom is -0.486 e. The van der Waals surface area contributed by atoms with Crippen molar-refractivity contribution in [3.63, 3.8) is 0 Å². The second kappa shape index (κ2) is 4.47. The van der Waals surface area contributed by atoms with Crippen LogP contribution in [0.1, 0.15) is 25.6 Å². The zero-order chi connectivity index (χ0) is 13.4. The molecule has 19 heavy (non-hydrogen) atoms. The van der Waals surface area contributed by atoms with Crippen LogP contribution in [0, 0.1) is 11.3 Å². The van der Waals surface area contributed by atoms with Gasteiger partial charge >= 0.3 is 0 Å². The molecule has 0 saturated heterocycles. The van der Waals surface area contributed by atoms with E-state index >= 15 is 0 Å². The summed E-state index contributed by atoms with van der Waals surface area (Å²) in [6.45, 7) is 5.56. The first-order chi connectivity index (χ1) is 9.20. The van der Waals surface area contributed by atoms with E-state index in [-0.39, 0.29) is 5.92 Å². The maximum Gasteiger partial charge on any atom is 0.163 e. The number of ether oxygens (including phenoxy) is 2. The van der Waals surface area contributed by atoms with Gasteiger partial charge in [0.05, 0.1) is 17.1 Å². The van der Waals surface area contributed by atoms with Crippen molar-refractivity contribution in [2.24, 2.45) is 0 Å². The molecule has 0 spiro atoms. The van der Waals surface area contributed by atoms with Gasteiger partial charge in [0, 0.05) is 18.1 Å². The van der Waals surface area contributed by atoms with E-state index in [0.29, 0.717) is 19.8 Å². The molecule has 0 amide bonds. The maximum atomic E-state index is 8.99. The highest BCUT2D eigenvalue weighted by molar-refractivity contribution is 5.81. The Balaban J connectivity index is 2.24. The SMILES string of the molecule is CC(C)c1nc2cc3c(cc2n1CC#N)OCCO3. The highest BCUT2D eigenvalue weighted by Gasteiger charge is 2.19.